The summed E-state index contributed by atoms with van der Waals surface area (Å²) in [5.74, 6) is 0.0969. The first-order valence-corrected chi connectivity index (χ1v) is 8.04. The highest BCUT2D eigenvalue weighted by atomic mass is 35.5. The minimum Gasteiger partial charge on any atom is -0.337 e. The first-order chi connectivity index (χ1) is 10.1. The average molecular weight is 377 g/mol. The van der Waals surface area contributed by atoms with Crippen molar-refractivity contribution in [2.24, 2.45) is 0 Å². The van der Waals surface area contributed by atoms with E-state index in [9.17, 15) is 4.79 Å². The van der Waals surface area contributed by atoms with Gasteiger partial charge >= 0.3 is 0 Å². The number of aromatic nitrogens is 2. The molecule has 0 aromatic carbocycles. The number of rotatable bonds is 3. The molecule has 3 rings (SSSR count). The van der Waals surface area contributed by atoms with Gasteiger partial charge in [-0.2, -0.15) is 0 Å². The number of hydrogen-bond donors (Lipinski definition) is 1. The summed E-state index contributed by atoms with van der Waals surface area (Å²) in [5.41, 5.74) is 2.78. The van der Waals surface area contributed by atoms with Crippen LogP contribution in [0.25, 0.3) is 5.13 Å². The van der Waals surface area contributed by atoms with E-state index in [1.807, 2.05) is 37.2 Å². The molecule has 1 atom stereocenters. The van der Waals surface area contributed by atoms with E-state index in [4.69, 9.17) is 0 Å². The Bertz CT molecular complexity index is 651. The molecule has 1 fully saturated rings. The predicted molar refractivity (Wildman–Crippen MR) is 98.8 cm³/mol. The van der Waals surface area contributed by atoms with Crippen molar-refractivity contribution in [2.75, 3.05) is 20.1 Å². The third kappa shape index (κ3) is 3.71. The molecule has 1 saturated heterocycles. The van der Waals surface area contributed by atoms with Gasteiger partial charge in [0.2, 0.25) is 0 Å². The molecule has 5 nitrogen and oxygen atoms in total. The molecule has 0 bridgehead atoms. The molecule has 2 aromatic rings. The first-order valence-electron chi connectivity index (χ1n) is 7.16. The van der Waals surface area contributed by atoms with Crippen molar-refractivity contribution < 1.29 is 4.79 Å². The number of likely N-dealkylation sites (N-methyl/N-ethyl adjacent to an activating group) is 1. The quantitative estimate of drug-likeness (QED) is 0.895. The Balaban J connectivity index is 0.00000132. The fourth-order valence-corrected chi connectivity index (χ4v) is 3.68. The summed E-state index contributed by atoms with van der Waals surface area (Å²) < 4.78 is 2.05. The van der Waals surface area contributed by atoms with Gasteiger partial charge in [-0.25, -0.2) is 4.98 Å². The Hall–Kier alpha value is -1.08. The molecule has 8 heteroatoms. The molecule has 1 N–H and O–H groups in total. The summed E-state index contributed by atoms with van der Waals surface area (Å²) in [4.78, 5) is 19.0. The van der Waals surface area contributed by atoms with Crippen LogP contribution in [0.1, 0.15) is 28.2 Å². The molecule has 1 aliphatic rings. The van der Waals surface area contributed by atoms with Gasteiger partial charge in [-0.05, 0) is 32.9 Å². The highest BCUT2D eigenvalue weighted by Crippen LogP contribution is 2.24. The van der Waals surface area contributed by atoms with Crippen molar-refractivity contribution >= 4 is 42.1 Å². The SMILES string of the molecule is Cc1cc(C(=O)N(C)C2CCNC2)c(C)n1-c1nccs1.Cl.Cl. The van der Waals surface area contributed by atoms with Gasteiger partial charge < -0.3 is 10.2 Å². The van der Waals surface area contributed by atoms with Crippen LogP contribution in [-0.2, 0) is 0 Å². The lowest BCUT2D eigenvalue weighted by Crippen LogP contribution is -2.38. The molecular formula is C15H22Cl2N4OS. The average Bonchev–Trinajstić information content (AvgIpc) is 3.18. The maximum Gasteiger partial charge on any atom is 0.255 e. The number of carbonyl (C=O) groups excluding carboxylic acids is 1. The van der Waals surface area contributed by atoms with Crippen LogP contribution >= 0.6 is 36.2 Å². The fourth-order valence-electron chi connectivity index (χ4n) is 2.93. The normalized spacial score (nSPS) is 16.6. The van der Waals surface area contributed by atoms with E-state index in [2.05, 4.69) is 14.9 Å². The van der Waals surface area contributed by atoms with E-state index >= 15 is 0 Å². The molecule has 1 unspecified atom stereocenters. The lowest BCUT2D eigenvalue weighted by atomic mass is 10.1. The Morgan fingerprint density at radius 1 is 1.43 bits per heavy atom. The third-order valence-electron chi connectivity index (χ3n) is 4.17. The Kier molecular flexibility index (Phi) is 7.07. The van der Waals surface area contributed by atoms with E-state index in [1.54, 1.807) is 17.5 Å². The van der Waals surface area contributed by atoms with Gasteiger partial charge in [-0.15, -0.1) is 36.2 Å². The van der Waals surface area contributed by atoms with Crippen LogP contribution in [0.15, 0.2) is 17.6 Å². The van der Waals surface area contributed by atoms with E-state index in [1.165, 1.54) is 0 Å². The second-order valence-electron chi connectivity index (χ2n) is 5.50. The summed E-state index contributed by atoms with van der Waals surface area (Å²) in [5, 5.41) is 6.17. The topological polar surface area (TPSA) is 50.2 Å². The molecule has 2 aromatic heterocycles. The van der Waals surface area contributed by atoms with E-state index in [-0.39, 0.29) is 30.7 Å². The van der Waals surface area contributed by atoms with Crippen molar-refractivity contribution in [1.29, 1.82) is 0 Å². The summed E-state index contributed by atoms with van der Waals surface area (Å²) in [6.07, 6.45) is 2.81. The number of halogens is 2. The number of aryl methyl sites for hydroxylation is 1. The predicted octanol–water partition coefficient (Wildman–Crippen LogP) is 2.83. The largest absolute Gasteiger partial charge is 0.337 e. The second-order valence-corrected chi connectivity index (χ2v) is 6.37. The number of thiazole rings is 1. The number of hydrogen-bond acceptors (Lipinski definition) is 4. The van der Waals surface area contributed by atoms with Gasteiger partial charge in [0.15, 0.2) is 5.13 Å². The zero-order chi connectivity index (χ0) is 15.0. The molecule has 0 radical (unpaired) electrons. The third-order valence-corrected chi connectivity index (χ3v) is 4.93. The summed E-state index contributed by atoms with van der Waals surface area (Å²) in [6, 6.07) is 2.26. The molecule has 3 heterocycles. The van der Waals surface area contributed by atoms with Gasteiger partial charge in [0.1, 0.15) is 0 Å². The molecule has 1 aliphatic heterocycles. The van der Waals surface area contributed by atoms with Crippen LogP contribution in [0.2, 0.25) is 0 Å². The second kappa shape index (κ2) is 8.15. The molecule has 0 saturated carbocycles. The summed E-state index contributed by atoms with van der Waals surface area (Å²) in [6.45, 7) is 5.87. The minimum atomic E-state index is 0. The lowest BCUT2D eigenvalue weighted by Gasteiger charge is -2.23. The Morgan fingerprint density at radius 3 is 2.74 bits per heavy atom. The smallest absolute Gasteiger partial charge is 0.255 e. The monoisotopic (exact) mass is 376 g/mol. The van der Waals surface area contributed by atoms with Gasteiger partial charge in [0, 0.05) is 42.6 Å². The Labute approximate surface area is 152 Å². The standard InChI is InChI=1S/C15H20N4OS.2ClH/c1-10-8-13(11(2)19(10)15-17-6-7-21-15)14(20)18(3)12-4-5-16-9-12;;/h6-8,12,16H,4-5,9H2,1-3H3;2*1H. The van der Waals surface area contributed by atoms with E-state index in [0.29, 0.717) is 6.04 Å². The highest BCUT2D eigenvalue weighted by Gasteiger charge is 2.27. The van der Waals surface area contributed by atoms with Crippen molar-refractivity contribution in [3.63, 3.8) is 0 Å². The fraction of sp³-hybridized carbons (Fsp3) is 0.467. The summed E-state index contributed by atoms with van der Waals surface area (Å²) in [7, 11) is 1.90. The van der Waals surface area contributed by atoms with Gasteiger partial charge in [-0.3, -0.25) is 9.36 Å². The van der Waals surface area contributed by atoms with Crippen molar-refractivity contribution in [1.82, 2.24) is 19.8 Å². The number of amides is 1. The zero-order valence-corrected chi connectivity index (χ0v) is 15.9. The maximum atomic E-state index is 12.8. The first kappa shape index (κ1) is 20.0. The lowest BCUT2D eigenvalue weighted by molar-refractivity contribution is 0.0743. The highest BCUT2D eigenvalue weighted by molar-refractivity contribution is 7.12. The van der Waals surface area contributed by atoms with E-state index in [0.717, 1.165) is 41.6 Å². The molecule has 1 amide bonds. The van der Waals surface area contributed by atoms with E-state index < -0.39 is 0 Å². The van der Waals surface area contributed by atoms with Crippen LogP contribution in [0.4, 0.5) is 0 Å². The molecular weight excluding hydrogens is 355 g/mol. The molecule has 128 valence electrons. The van der Waals surface area contributed by atoms with Gasteiger partial charge in [0.25, 0.3) is 5.91 Å². The van der Waals surface area contributed by atoms with Crippen LogP contribution in [-0.4, -0.2) is 46.5 Å². The summed E-state index contributed by atoms with van der Waals surface area (Å²) >= 11 is 1.58. The number of nitrogens with zero attached hydrogens (tertiary/aromatic N) is 3. The number of nitrogens with one attached hydrogen (secondary N) is 1. The van der Waals surface area contributed by atoms with Crippen LogP contribution < -0.4 is 5.32 Å². The van der Waals surface area contributed by atoms with Crippen LogP contribution in [0.3, 0.4) is 0 Å². The maximum absolute atomic E-state index is 12.8. The number of carbonyl (C=O) groups is 1. The van der Waals surface area contributed by atoms with Crippen LogP contribution in [0.5, 0.6) is 0 Å². The van der Waals surface area contributed by atoms with Gasteiger partial charge in [-0.1, -0.05) is 0 Å². The van der Waals surface area contributed by atoms with Crippen molar-refractivity contribution in [2.45, 2.75) is 26.3 Å². The molecule has 0 aliphatic carbocycles. The van der Waals surface area contributed by atoms with Gasteiger partial charge in [0.05, 0.1) is 5.56 Å². The minimum absolute atomic E-state index is 0. The van der Waals surface area contributed by atoms with Crippen molar-refractivity contribution in [3.05, 3.63) is 34.6 Å². The Morgan fingerprint density at radius 2 is 2.17 bits per heavy atom. The van der Waals surface area contributed by atoms with Crippen molar-refractivity contribution in [3.8, 4) is 5.13 Å². The molecule has 0 spiro atoms. The molecule has 23 heavy (non-hydrogen) atoms. The zero-order valence-electron chi connectivity index (χ0n) is 13.4. The van der Waals surface area contributed by atoms with Crippen LogP contribution in [0, 0.1) is 13.8 Å².